The topological polar surface area (TPSA) is 52.6 Å². The van der Waals surface area contributed by atoms with E-state index in [-0.39, 0.29) is 5.97 Å². The van der Waals surface area contributed by atoms with Gasteiger partial charge in [-0.05, 0) is 24.6 Å². The standard InChI is InChI=1S/C12H13ClO4/c1-16-12(15)3-2-6-17-11-5-4-9(8-14)7-10(11)13/h4-5,7-8H,2-3,6H2,1H3. The number of methoxy groups -OCH3 is 1. The van der Waals surface area contributed by atoms with Crippen molar-refractivity contribution in [3.8, 4) is 5.75 Å². The number of carbonyl (C=O) groups is 2. The van der Waals surface area contributed by atoms with Crippen molar-refractivity contribution < 1.29 is 19.1 Å². The van der Waals surface area contributed by atoms with Crippen LogP contribution in [0.15, 0.2) is 18.2 Å². The third kappa shape index (κ3) is 4.44. The van der Waals surface area contributed by atoms with Crippen LogP contribution in [-0.2, 0) is 9.53 Å². The lowest BCUT2D eigenvalue weighted by Crippen LogP contribution is -2.04. The highest BCUT2D eigenvalue weighted by molar-refractivity contribution is 6.32. The Balaban J connectivity index is 2.41. The highest BCUT2D eigenvalue weighted by Gasteiger charge is 2.04. The Labute approximate surface area is 104 Å². The van der Waals surface area contributed by atoms with Crippen LogP contribution >= 0.6 is 11.6 Å². The Hall–Kier alpha value is -1.55. The van der Waals surface area contributed by atoms with Crippen LogP contribution < -0.4 is 4.74 Å². The molecule has 1 aromatic rings. The van der Waals surface area contributed by atoms with Gasteiger partial charge in [0.25, 0.3) is 0 Å². The number of carbonyl (C=O) groups excluding carboxylic acids is 2. The zero-order chi connectivity index (χ0) is 12.7. The molecule has 0 amide bonds. The van der Waals surface area contributed by atoms with Crippen LogP contribution in [-0.4, -0.2) is 26.0 Å². The van der Waals surface area contributed by atoms with Crippen molar-refractivity contribution in [3.05, 3.63) is 28.8 Å². The fourth-order valence-electron chi connectivity index (χ4n) is 1.21. The summed E-state index contributed by atoms with van der Waals surface area (Å²) in [6, 6.07) is 4.78. The summed E-state index contributed by atoms with van der Waals surface area (Å²) in [4.78, 5) is 21.3. The predicted molar refractivity (Wildman–Crippen MR) is 63.6 cm³/mol. The minimum absolute atomic E-state index is 0.268. The average molecular weight is 257 g/mol. The van der Waals surface area contributed by atoms with Gasteiger partial charge in [0.05, 0.1) is 18.7 Å². The van der Waals surface area contributed by atoms with Gasteiger partial charge in [0.1, 0.15) is 12.0 Å². The van der Waals surface area contributed by atoms with Crippen LogP contribution in [0.2, 0.25) is 5.02 Å². The summed E-state index contributed by atoms with van der Waals surface area (Å²) < 4.78 is 9.87. The maximum atomic E-state index is 10.8. The second-order valence-corrected chi connectivity index (χ2v) is 3.74. The number of ether oxygens (including phenoxy) is 2. The molecule has 0 fully saturated rings. The van der Waals surface area contributed by atoms with E-state index in [2.05, 4.69) is 4.74 Å². The minimum Gasteiger partial charge on any atom is -0.492 e. The van der Waals surface area contributed by atoms with Gasteiger partial charge < -0.3 is 9.47 Å². The van der Waals surface area contributed by atoms with Crippen molar-refractivity contribution in [1.29, 1.82) is 0 Å². The molecule has 0 aliphatic rings. The zero-order valence-electron chi connectivity index (χ0n) is 9.44. The molecule has 0 heterocycles. The Kier molecular flexibility index (Phi) is 5.49. The second-order valence-electron chi connectivity index (χ2n) is 3.34. The highest BCUT2D eigenvalue weighted by Crippen LogP contribution is 2.25. The molecule has 0 unspecified atom stereocenters. The van der Waals surface area contributed by atoms with E-state index >= 15 is 0 Å². The maximum Gasteiger partial charge on any atom is 0.305 e. The van der Waals surface area contributed by atoms with Gasteiger partial charge in [-0.1, -0.05) is 11.6 Å². The molecule has 1 rings (SSSR count). The second kappa shape index (κ2) is 6.91. The van der Waals surface area contributed by atoms with E-state index in [0.717, 1.165) is 0 Å². The van der Waals surface area contributed by atoms with Crippen LogP contribution in [0.25, 0.3) is 0 Å². The first-order chi connectivity index (χ1) is 8.17. The van der Waals surface area contributed by atoms with Crippen LogP contribution in [0.3, 0.4) is 0 Å². The number of hydrogen-bond acceptors (Lipinski definition) is 4. The summed E-state index contributed by atoms with van der Waals surface area (Å²) in [6.45, 7) is 0.370. The summed E-state index contributed by atoms with van der Waals surface area (Å²) in [5.41, 5.74) is 0.497. The quantitative estimate of drug-likeness (QED) is 0.446. The summed E-state index contributed by atoms with van der Waals surface area (Å²) >= 11 is 5.90. The van der Waals surface area contributed by atoms with E-state index in [0.29, 0.717) is 42.1 Å². The molecule has 0 aliphatic heterocycles. The van der Waals surface area contributed by atoms with Crippen molar-refractivity contribution >= 4 is 23.9 Å². The Bertz CT molecular complexity index is 403. The number of esters is 1. The summed E-state index contributed by atoms with van der Waals surface area (Å²) in [7, 11) is 1.35. The van der Waals surface area contributed by atoms with E-state index < -0.39 is 0 Å². The van der Waals surface area contributed by atoms with Crippen molar-refractivity contribution in [1.82, 2.24) is 0 Å². The van der Waals surface area contributed by atoms with Crippen LogP contribution in [0, 0.1) is 0 Å². The molecular formula is C12H13ClO4. The molecule has 0 spiro atoms. The predicted octanol–water partition coefficient (Wildman–Crippen LogP) is 2.48. The van der Waals surface area contributed by atoms with Crippen LogP contribution in [0.1, 0.15) is 23.2 Å². The number of halogens is 1. The Morgan fingerprint density at radius 2 is 2.24 bits per heavy atom. The first kappa shape index (κ1) is 13.5. The fraction of sp³-hybridized carbons (Fsp3) is 0.333. The first-order valence-electron chi connectivity index (χ1n) is 5.11. The summed E-state index contributed by atoms with van der Waals surface area (Å²) in [5, 5.41) is 0.382. The third-order valence-corrected chi connectivity index (χ3v) is 2.40. The molecule has 92 valence electrons. The molecule has 0 aromatic heterocycles. The Morgan fingerprint density at radius 1 is 1.47 bits per heavy atom. The van der Waals surface area contributed by atoms with Gasteiger partial charge in [0.2, 0.25) is 0 Å². The fourth-order valence-corrected chi connectivity index (χ4v) is 1.45. The number of rotatable bonds is 6. The lowest BCUT2D eigenvalue weighted by atomic mass is 10.2. The number of hydrogen-bond donors (Lipinski definition) is 0. The SMILES string of the molecule is COC(=O)CCCOc1ccc(C=O)cc1Cl. The first-order valence-corrected chi connectivity index (χ1v) is 5.49. The van der Waals surface area contributed by atoms with Gasteiger partial charge in [-0.25, -0.2) is 0 Å². The Morgan fingerprint density at radius 3 is 2.82 bits per heavy atom. The molecule has 0 atom stereocenters. The summed E-state index contributed by atoms with van der Waals surface area (Å²) in [6.07, 6.45) is 1.58. The van der Waals surface area contributed by atoms with Crippen LogP contribution in [0.5, 0.6) is 5.75 Å². The van der Waals surface area contributed by atoms with Crippen molar-refractivity contribution in [2.75, 3.05) is 13.7 Å². The normalized spacial score (nSPS) is 9.76. The van der Waals surface area contributed by atoms with Gasteiger partial charge in [-0.15, -0.1) is 0 Å². The minimum atomic E-state index is -0.268. The third-order valence-electron chi connectivity index (χ3n) is 2.10. The van der Waals surface area contributed by atoms with E-state index in [4.69, 9.17) is 16.3 Å². The molecule has 17 heavy (non-hydrogen) atoms. The summed E-state index contributed by atoms with van der Waals surface area (Å²) in [5.74, 6) is 0.234. The largest absolute Gasteiger partial charge is 0.492 e. The molecule has 0 bridgehead atoms. The van der Waals surface area contributed by atoms with Gasteiger partial charge in [0.15, 0.2) is 0 Å². The number of aldehydes is 1. The molecule has 0 N–H and O–H groups in total. The van der Waals surface area contributed by atoms with Crippen molar-refractivity contribution in [3.63, 3.8) is 0 Å². The van der Waals surface area contributed by atoms with Crippen molar-refractivity contribution in [2.45, 2.75) is 12.8 Å². The average Bonchev–Trinajstić information content (AvgIpc) is 2.35. The molecule has 0 radical (unpaired) electrons. The zero-order valence-corrected chi connectivity index (χ0v) is 10.2. The number of benzene rings is 1. The van der Waals surface area contributed by atoms with E-state index in [1.807, 2.05) is 0 Å². The van der Waals surface area contributed by atoms with Crippen LogP contribution in [0.4, 0.5) is 0 Å². The van der Waals surface area contributed by atoms with Gasteiger partial charge >= 0.3 is 5.97 Å². The maximum absolute atomic E-state index is 10.8. The van der Waals surface area contributed by atoms with E-state index in [1.54, 1.807) is 12.1 Å². The molecular weight excluding hydrogens is 244 g/mol. The molecule has 0 saturated carbocycles. The molecule has 0 saturated heterocycles. The van der Waals surface area contributed by atoms with E-state index in [9.17, 15) is 9.59 Å². The van der Waals surface area contributed by atoms with Gasteiger partial charge in [-0.3, -0.25) is 9.59 Å². The van der Waals surface area contributed by atoms with Crippen molar-refractivity contribution in [2.24, 2.45) is 0 Å². The highest BCUT2D eigenvalue weighted by atomic mass is 35.5. The smallest absolute Gasteiger partial charge is 0.305 e. The molecule has 5 heteroatoms. The van der Waals surface area contributed by atoms with Gasteiger partial charge in [0, 0.05) is 12.0 Å². The monoisotopic (exact) mass is 256 g/mol. The molecule has 1 aromatic carbocycles. The van der Waals surface area contributed by atoms with Gasteiger partial charge in [-0.2, -0.15) is 0 Å². The lowest BCUT2D eigenvalue weighted by molar-refractivity contribution is -0.140. The molecule has 4 nitrogen and oxygen atoms in total. The van der Waals surface area contributed by atoms with E-state index in [1.165, 1.54) is 13.2 Å². The molecule has 0 aliphatic carbocycles. The lowest BCUT2D eigenvalue weighted by Gasteiger charge is -2.07.